The Bertz CT molecular complexity index is 364. The number of ether oxygens (including phenoxy) is 1. The molecule has 0 bridgehead atoms. The number of hydrogen-bond acceptors (Lipinski definition) is 3. The van der Waals surface area contributed by atoms with Crippen molar-refractivity contribution < 1.29 is 17.9 Å². The van der Waals surface area contributed by atoms with Gasteiger partial charge in [-0.1, -0.05) is 0 Å². The first-order valence-electron chi connectivity index (χ1n) is 3.95. The topological polar surface area (TPSA) is 48.1 Å². The summed E-state index contributed by atoms with van der Waals surface area (Å²) in [5, 5.41) is 0. The molecule has 1 aromatic rings. The van der Waals surface area contributed by atoms with Gasteiger partial charge < -0.3 is 10.5 Å². The molecular weight excluding hydrogens is 197 g/mol. The molecule has 14 heavy (non-hydrogen) atoms. The van der Waals surface area contributed by atoms with Gasteiger partial charge in [0.1, 0.15) is 12.3 Å². The molecule has 1 aliphatic rings. The monoisotopic (exact) mass is 204 g/mol. The lowest BCUT2D eigenvalue weighted by molar-refractivity contribution is -0.141. The van der Waals surface area contributed by atoms with Crippen molar-refractivity contribution in [2.24, 2.45) is 5.73 Å². The number of nitrogens with two attached hydrogens (primary N) is 1. The molecule has 0 amide bonds. The van der Waals surface area contributed by atoms with Crippen molar-refractivity contribution in [3.05, 3.63) is 23.4 Å². The Labute approximate surface area is 77.7 Å². The molecule has 2 rings (SSSR count). The van der Waals surface area contributed by atoms with Crippen molar-refractivity contribution in [2.75, 3.05) is 6.61 Å². The Kier molecular flexibility index (Phi) is 1.88. The van der Waals surface area contributed by atoms with Gasteiger partial charge >= 0.3 is 6.18 Å². The van der Waals surface area contributed by atoms with Gasteiger partial charge in [-0.3, -0.25) is 0 Å². The van der Waals surface area contributed by atoms with E-state index in [1.54, 1.807) is 0 Å². The smallest absolute Gasteiger partial charge is 0.433 e. The molecule has 0 spiro atoms. The summed E-state index contributed by atoms with van der Waals surface area (Å²) < 4.78 is 41.5. The molecule has 2 heterocycles. The third-order valence-corrected chi connectivity index (χ3v) is 1.98. The molecule has 0 saturated carbocycles. The fraction of sp³-hybridized carbons (Fsp3) is 0.375. The molecule has 3 nitrogen and oxygen atoms in total. The first kappa shape index (κ1) is 9.26. The van der Waals surface area contributed by atoms with Gasteiger partial charge in [0.05, 0.1) is 6.04 Å². The van der Waals surface area contributed by atoms with Gasteiger partial charge in [0.25, 0.3) is 0 Å². The Morgan fingerprint density at radius 2 is 2.14 bits per heavy atom. The minimum absolute atomic E-state index is 0.00711. The SMILES string of the molecule is NC1COc2nc(C(F)(F)F)ccc21. The standard InChI is InChI=1S/C8H7F3N2O/c9-8(10,11)6-2-1-4-5(12)3-14-7(4)13-6/h1-2,5H,3,12H2. The van der Waals surface area contributed by atoms with E-state index in [0.29, 0.717) is 5.56 Å². The van der Waals surface area contributed by atoms with E-state index < -0.39 is 11.9 Å². The van der Waals surface area contributed by atoms with Crippen LogP contribution >= 0.6 is 0 Å². The molecule has 0 fully saturated rings. The van der Waals surface area contributed by atoms with Crippen LogP contribution in [0.25, 0.3) is 0 Å². The summed E-state index contributed by atoms with van der Waals surface area (Å²) in [5.74, 6) is -0.00711. The summed E-state index contributed by atoms with van der Waals surface area (Å²) in [6, 6.07) is 1.84. The van der Waals surface area contributed by atoms with Crippen LogP contribution in [0.15, 0.2) is 12.1 Å². The average molecular weight is 204 g/mol. The van der Waals surface area contributed by atoms with Crippen LogP contribution in [0.1, 0.15) is 17.3 Å². The number of pyridine rings is 1. The average Bonchev–Trinajstić information content (AvgIpc) is 2.46. The Morgan fingerprint density at radius 3 is 2.79 bits per heavy atom. The molecule has 1 atom stereocenters. The summed E-state index contributed by atoms with van der Waals surface area (Å²) in [6.07, 6.45) is -4.44. The largest absolute Gasteiger partial charge is 0.475 e. The lowest BCUT2D eigenvalue weighted by Gasteiger charge is -2.06. The van der Waals surface area contributed by atoms with Crippen molar-refractivity contribution in [1.29, 1.82) is 0 Å². The highest BCUT2D eigenvalue weighted by Gasteiger charge is 2.34. The summed E-state index contributed by atoms with van der Waals surface area (Å²) in [4.78, 5) is 3.35. The molecule has 1 aromatic heterocycles. The quantitative estimate of drug-likeness (QED) is 0.696. The van der Waals surface area contributed by atoms with E-state index >= 15 is 0 Å². The molecule has 0 saturated heterocycles. The van der Waals surface area contributed by atoms with E-state index in [0.717, 1.165) is 6.07 Å². The lowest BCUT2D eigenvalue weighted by Crippen LogP contribution is -2.11. The third-order valence-electron chi connectivity index (χ3n) is 1.98. The van der Waals surface area contributed by atoms with Crippen molar-refractivity contribution in [3.8, 4) is 5.88 Å². The number of hydrogen-bond donors (Lipinski definition) is 1. The zero-order valence-corrected chi connectivity index (χ0v) is 7.01. The number of rotatable bonds is 0. The van der Waals surface area contributed by atoms with Gasteiger partial charge in [0, 0.05) is 5.56 Å². The molecule has 2 N–H and O–H groups in total. The van der Waals surface area contributed by atoms with Crippen LogP contribution < -0.4 is 10.5 Å². The second-order valence-electron chi connectivity index (χ2n) is 3.01. The first-order chi connectivity index (χ1) is 6.48. The van der Waals surface area contributed by atoms with E-state index in [-0.39, 0.29) is 18.5 Å². The van der Waals surface area contributed by atoms with Crippen molar-refractivity contribution in [3.63, 3.8) is 0 Å². The van der Waals surface area contributed by atoms with Crippen LogP contribution in [0, 0.1) is 0 Å². The lowest BCUT2D eigenvalue weighted by atomic mass is 10.1. The Balaban J connectivity index is 2.42. The molecule has 0 radical (unpaired) electrons. The van der Waals surface area contributed by atoms with Crippen molar-refractivity contribution in [2.45, 2.75) is 12.2 Å². The second kappa shape index (κ2) is 2.84. The zero-order valence-electron chi connectivity index (χ0n) is 7.01. The van der Waals surface area contributed by atoms with Crippen LogP contribution in [-0.2, 0) is 6.18 Å². The van der Waals surface area contributed by atoms with Crippen LogP contribution in [0.3, 0.4) is 0 Å². The molecule has 1 aliphatic heterocycles. The van der Waals surface area contributed by atoms with Gasteiger partial charge in [0.2, 0.25) is 5.88 Å². The van der Waals surface area contributed by atoms with Crippen LogP contribution in [0.2, 0.25) is 0 Å². The maximum atomic E-state index is 12.2. The maximum Gasteiger partial charge on any atom is 0.433 e. The van der Waals surface area contributed by atoms with E-state index in [4.69, 9.17) is 10.5 Å². The van der Waals surface area contributed by atoms with E-state index in [1.165, 1.54) is 6.07 Å². The summed E-state index contributed by atoms with van der Waals surface area (Å²) in [7, 11) is 0. The minimum atomic E-state index is -4.44. The molecule has 76 valence electrons. The number of aromatic nitrogens is 1. The van der Waals surface area contributed by atoms with Gasteiger partial charge in [-0.25, -0.2) is 4.98 Å². The molecule has 0 aromatic carbocycles. The molecular formula is C8H7F3N2O. The Hall–Kier alpha value is -1.30. The zero-order chi connectivity index (χ0) is 10.3. The van der Waals surface area contributed by atoms with E-state index in [2.05, 4.69) is 4.98 Å². The first-order valence-corrected chi connectivity index (χ1v) is 3.95. The van der Waals surface area contributed by atoms with Gasteiger partial charge in [-0.05, 0) is 12.1 Å². The summed E-state index contributed by atoms with van der Waals surface area (Å²) in [6.45, 7) is 0.184. The molecule has 6 heteroatoms. The van der Waals surface area contributed by atoms with Gasteiger partial charge in [0.15, 0.2) is 0 Å². The van der Waals surface area contributed by atoms with Crippen molar-refractivity contribution in [1.82, 2.24) is 4.98 Å². The molecule has 1 unspecified atom stereocenters. The summed E-state index contributed by atoms with van der Waals surface area (Å²) in [5.41, 5.74) is 5.13. The predicted molar refractivity (Wildman–Crippen MR) is 41.7 cm³/mol. The van der Waals surface area contributed by atoms with Gasteiger partial charge in [-0.15, -0.1) is 0 Å². The fourth-order valence-electron chi connectivity index (χ4n) is 1.27. The Morgan fingerprint density at radius 1 is 1.43 bits per heavy atom. The fourth-order valence-corrected chi connectivity index (χ4v) is 1.27. The van der Waals surface area contributed by atoms with E-state index in [1.807, 2.05) is 0 Å². The summed E-state index contributed by atoms with van der Waals surface area (Å²) >= 11 is 0. The third kappa shape index (κ3) is 1.41. The highest BCUT2D eigenvalue weighted by molar-refractivity contribution is 5.35. The number of fused-ring (bicyclic) bond motifs is 1. The van der Waals surface area contributed by atoms with Gasteiger partial charge in [-0.2, -0.15) is 13.2 Å². The minimum Gasteiger partial charge on any atom is -0.475 e. The van der Waals surface area contributed by atoms with Crippen LogP contribution in [-0.4, -0.2) is 11.6 Å². The van der Waals surface area contributed by atoms with E-state index in [9.17, 15) is 13.2 Å². The van der Waals surface area contributed by atoms with Crippen molar-refractivity contribution >= 4 is 0 Å². The maximum absolute atomic E-state index is 12.2. The highest BCUT2D eigenvalue weighted by Crippen LogP contribution is 2.34. The number of alkyl halides is 3. The number of halogens is 3. The second-order valence-corrected chi connectivity index (χ2v) is 3.01. The van der Waals surface area contributed by atoms with Crippen LogP contribution in [0.4, 0.5) is 13.2 Å². The molecule has 0 aliphatic carbocycles. The van der Waals surface area contributed by atoms with Crippen LogP contribution in [0.5, 0.6) is 5.88 Å². The number of nitrogens with zero attached hydrogens (tertiary/aromatic N) is 1. The predicted octanol–water partition coefficient (Wildman–Crippen LogP) is 1.49. The normalized spacial score (nSPS) is 20.4. The highest BCUT2D eigenvalue weighted by atomic mass is 19.4.